The summed E-state index contributed by atoms with van der Waals surface area (Å²) in [5.41, 5.74) is 15.5. The topological polar surface area (TPSA) is 116 Å². The monoisotopic (exact) mass is 875 g/mol. The van der Waals surface area contributed by atoms with Crippen molar-refractivity contribution in [2.45, 2.75) is 20.8 Å². The predicted molar refractivity (Wildman–Crippen MR) is 256 cm³/mol. The molecule has 0 aliphatic rings. The van der Waals surface area contributed by atoms with Gasteiger partial charge in [0, 0.05) is 91.4 Å². The van der Waals surface area contributed by atoms with Crippen molar-refractivity contribution >= 4 is 36.5 Å². The van der Waals surface area contributed by atoms with Crippen LogP contribution in [0.3, 0.4) is 0 Å². The molecule has 0 aliphatic carbocycles. The molecule has 0 unspecified atom stereocenters. The molecule has 0 bridgehead atoms. The Morgan fingerprint density at radius 1 is 0.250 bits per heavy atom. The van der Waals surface area contributed by atoms with Crippen molar-refractivity contribution in [2.24, 2.45) is 0 Å². The van der Waals surface area contributed by atoms with Gasteiger partial charge in [-0.3, -0.25) is 44.9 Å². The van der Waals surface area contributed by atoms with Crippen LogP contribution in [0.2, 0.25) is 0 Å². The maximum Gasteiger partial charge on any atom is 0.0892 e. The number of pyridine rings is 9. The molecular formula is C54H45FeN9. The molecule has 0 aromatic carbocycles. The average molecular weight is 876 g/mol. The van der Waals surface area contributed by atoms with Crippen LogP contribution < -0.4 is 0 Å². The molecule has 314 valence electrons. The molecule has 64 heavy (non-hydrogen) atoms. The van der Waals surface area contributed by atoms with E-state index in [2.05, 4.69) is 102 Å². The van der Waals surface area contributed by atoms with Gasteiger partial charge in [-0.1, -0.05) is 36.5 Å². The van der Waals surface area contributed by atoms with Crippen LogP contribution in [0, 0.1) is 20.8 Å². The summed E-state index contributed by atoms with van der Waals surface area (Å²) in [6.45, 7) is 6.16. The predicted octanol–water partition coefficient (Wildman–Crippen LogP) is 12.0. The first-order valence-corrected chi connectivity index (χ1v) is 20.4. The SMILES string of the molecule is Cc1ccnc(-c2cc(/C=C/c3ccncc3)ccn2)c1.Cc1ccnc(-c2cc(/C=C/c3ccncc3)ccn2)c1.Cc1ccnc(-c2cc(/C=C/c3ccncc3)ccn2)c1.[Fe]. The molecule has 10 heteroatoms. The van der Waals surface area contributed by atoms with E-state index in [0.717, 1.165) is 67.5 Å². The Labute approximate surface area is 385 Å². The first kappa shape index (κ1) is 45.6. The molecule has 9 nitrogen and oxygen atoms in total. The summed E-state index contributed by atoms with van der Waals surface area (Å²) in [4.78, 5) is 38.4. The summed E-state index contributed by atoms with van der Waals surface area (Å²) in [6.07, 6.45) is 34.0. The summed E-state index contributed by atoms with van der Waals surface area (Å²) >= 11 is 0. The third kappa shape index (κ3) is 14.3. The molecular weight excluding hydrogens is 831 g/mol. The Kier molecular flexibility index (Phi) is 17.0. The van der Waals surface area contributed by atoms with E-state index in [0.29, 0.717) is 0 Å². The van der Waals surface area contributed by atoms with Crippen LogP contribution >= 0.6 is 0 Å². The van der Waals surface area contributed by atoms with Gasteiger partial charge in [0.1, 0.15) is 0 Å². The maximum atomic E-state index is 4.40. The molecule has 0 saturated carbocycles. The van der Waals surface area contributed by atoms with E-state index in [-0.39, 0.29) is 17.1 Å². The van der Waals surface area contributed by atoms with Crippen molar-refractivity contribution in [3.8, 4) is 34.2 Å². The molecule has 9 rings (SSSR count). The van der Waals surface area contributed by atoms with E-state index >= 15 is 0 Å². The second-order valence-corrected chi connectivity index (χ2v) is 14.4. The number of aromatic nitrogens is 9. The fourth-order valence-electron chi connectivity index (χ4n) is 6.10. The third-order valence-electron chi connectivity index (χ3n) is 9.41. The van der Waals surface area contributed by atoms with Gasteiger partial charge in [-0.25, -0.2) is 0 Å². The normalized spacial score (nSPS) is 10.7. The van der Waals surface area contributed by atoms with Crippen molar-refractivity contribution in [1.82, 2.24) is 44.9 Å². The molecule has 0 atom stereocenters. The third-order valence-corrected chi connectivity index (χ3v) is 9.41. The zero-order valence-electron chi connectivity index (χ0n) is 35.7. The zero-order chi connectivity index (χ0) is 43.5. The number of hydrogen-bond donors (Lipinski definition) is 0. The molecule has 0 amide bonds. The van der Waals surface area contributed by atoms with E-state index in [1.807, 2.05) is 146 Å². The fraction of sp³-hybridized carbons (Fsp3) is 0.0556. The standard InChI is InChI=1S/3C18H15N3.Fe/c3*1-14-4-10-20-17(12-14)18-13-16(7-11-21-18)3-2-15-5-8-19-9-6-15;/h3*2-13H,1H3;/b3*3-2+;. The maximum absolute atomic E-state index is 4.40. The first-order chi connectivity index (χ1) is 30.9. The van der Waals surface area contributed by atoms with Crippen molar-refractivity contribution in [1.29, 1.82) is 0 Å². The fourth-order valence-corrected chi connectivity index (χ4v) is 6.10. The van der Waals surface area contributed by atoms with Crippen LogP contribution in [0.5, 0.6) is 0 Å². The van der Waals surface area contributed by atoms with Crippen molar-refractivity contribution < 1.29 is 17.1 Å². The van der Waals surface area contributed by atoms with Crippen LogP contribution in [0.4, 0.5) is 0 Å². The largest absolute Gasteiger partial charge is 0.265 e. The molecule has 0 radical (unpaired) electrons. The Balaban J connectivity index is 0.000000158. The van der Waals surface area contributed by atoms with E-state index in [1.165, 1.54) is 16.7 Å². The Morgan fingerprint density at radius 2 is 0.453 bits per heavy atom. The molecule has 9 aromatic rings. The van der Waals surface area contributed by atoms with Gasteiger partial charge >= 0.3 is 0 Å². The summed E-state index contributed by atoms with van der Waals surface area (Å²) in [5.74, 6) is 0. The second kappa shape index (κ2) is 23.9. The van der Waals surface area contributed by atoms with Gasteiger partial charge < -0.3 is 0 Å². The molecule has 0 spiro atoms. The van der Waals surface area contributed by atoms with Crippen LogP contribution in [-0.2, 0) is 17.1 Å². The van der Waals surface area contributed by atoms with E-state index < -0.39 is 0 Å². The van der Waals surface area contributed by atoms with Crippen LogP contribution in [0.1, 0.15) is 50.1 Å². The van der Waals surface area contributed by atoms with E-state index in [1.54, 1.807) is 37.2 Å². The van der Waals surface area contributed by atoms with E-state index in [4.69, 9.17) is 0 Å². The van der Waals surface area contributed by atoms with Crippen LogP contribution in [-0.4, -0.2) is 44.9 Å². The summed E-state index contributed by atoms with van der Waals surface area (Å²) in [6, 6.07) is 36.0. The molecule has 9 aromatic heterocycles. The number of nitrogens with zero attached hydrogens (tertiary/aromatic N) is 9. The number of rotatable bonds is 9. The Morgan fingerprint density at radius 3 is 0.703 bits per heavy atom. The molecule has 0 N–H and O–H groups in total. The van der Waals surface area contributed by atoms with Crippen molar-refractivity contribution in [3.05, 3.63) is 234 Å². The van der Waals surface area contributed by atoms with Gasteiger partial charge in [0.25, 0.3) is 0 Å². The molecule has 0 saturated heterocycles. The van der Waals surface area contributed by atoms with Gasteiger partial charge in [-0.05, 0) is 180 Å². The Hall–Kier alpha value is -7.91. The minimum atomic E-state index is 0. The average Bonchev–Trinajstić information content (AvgIpc) is 3.34. The smallest absolute Gasteiger partial charge is 0.0892 e. The van der Waals surface area contributed by atoms with Gasteiger partial charge in [0.15, 0.2) is 0 Å². The minimum Gasteiger partial charge on any atom is -0.265 e. The van der Waals surface area contributed by atoms with Gasteiger partial charge in [0.2, 0.25) is 0 Å². The summed E-state index contributed by atoms with van der Waals surface area (Å²) < 4.78 is 0. The van der Waals surface area contributed by atoms with Crippen molar-refractivity contribution in [2.75, 3.05) is 0 Å². The zero-order valence-corrected chi connectivity index (χ0v) is 36.8. The van der Waals surface area contributed by atoms with Gasteiger partial charge in [-0.2, -0.15) is 0 Å². The van der Waals surface area contributed by atoms with Gasteiger partial charge in [-0.15, -0.1) is 0 Å². The molecule has 0 fully saturated rings. The summed E-state index contributed by atoms with van der Waals surface area (Å²) in [5, 5.41) is 0. The second-order valence-electron chi connectivity index (χ2n) is 14.4. The van der Waals surface area contributed by atoms with Crippen molar-refractivity contribution in [3.63, 3.8) is 0 Å². The van der Waals surface area contributed by atoms with E-state index in [9.17, 15) is 0 Å². The number of aryl methyl sites for hydroxylation is 3. The summed E-state index contributed by atoms with van der Waals surface area (Å²) in [7, 11) is 0. The molecule has 0 aliphatic heterocycles. The minimum absolute atomic E-state index is 0. The first-order valence-electron chi connectivity index (χ1n) is 20.4. The quantitative estimate of drug-likeness (QED) is 0.131. The number of hydrogen-bond acceptors (Lipinski definition) is 9. The van der Waals surface area contributed by atoms with Gasteiger partial charge in [0.05, 0.1) is 34.2 Å². The Bertz CT molecular complexity index is 2620. The molecule has 9 heterocycles. The van der Waals surface area contributed by atoms with Crippen LogP contribution in [0.15, 0.2) is 184 Å². The van der Waals surface area contributed by atoms with Crippen LogP contribution in [0.25, 0.3) is 70.6 Å².